The second kappa shape index (κ2) is 5.93. The highest BCUT2D eigenvalue weighted by Gasteiger charge is 2.24. The van der Waals surface area contributed by atoms with Gasteiger partial charge in [0, 0.05) is 25.7 Å². The van der Waals surface area contributed by atoms with E-state index in [1.165, 1.54) is 13.2 Å². The molecule has 0 radical (unpaired) electrons. The molecule has 1 atom stereocenters. The number of nitrogens with zero attached hydrogens (tertiary/aromatic N) is 1. The number of piperidine rings is 1. The average molecular weight is 264 g/mol. The van der Waals surface area contributed by atoms with Crippen LogP contribution in [0.25, 0.3) is 0 Å². The van der Waals surface area contributed by atoms with Crippen molar-refractivity contribution in [3.8, 4) is 11.5 Å². The minimum Gasteiger partial charge on any atom is -0.507 e. The number of likely N-dealkylation sites (N-methyl/N-ethyl adjacent to an activating group) is 1. The Balaban J connectivity index is 2.14. The van der Waals surface area contributed by atoms with Crippen LogP contribution in [0.1, 0.15) is 23.2 Å². The molecule has 1 saturated heterocycles. The molecular formula is C14H20N2O3. The molecule has 0 aromatic heterocycles. The van der Waals surface area contributed by atoms with Crippen LogP contribution < -0.4 is 10.1 Å². The largest absolute Gasteiger partial charge is 0.507 e. The minimum atomic E-state index is -0.158. The highest BCUT2D eigenvalue weighted by Crippen LogP contribution is 2.25. The fraction of sp³-hybridized carbons (Fsp3) is 0.500. The van der Waals surface area contributed by atoms with Crippen molar-refractivity contribution in [1.82, 2.24) is 10.2 Å². The molecule has 19 heavy (non-hydrogen) atoms. The Morgan fingerprint density at radius 2 is 2.32 bits per heavy atom. The third kappa shape index (κ3) is 2.98. The van der Waals surface area contributed by atoms with E-state index in [4.69, 9.17) is 4.74 Å². The zero-order valence-electron chi connectivity index (χ0n) is 11.3. The van der Waals surface area contributed by atoms with Crippen molar-refractivity contribution in [2.75, 3.05) is 27.2 Å². The summed E-state index contributed by atoms with van der Waals surface area (Å²) in [6.45, 7) is 1.81. The SMILES string of the molecule is COc1ccc(C(=O)N(C)C2CCCNC2)c(O)c1. The summed E-state index contributed by atoms with van der Waals surface area (Å²) < 4.78 is 5.01. The van der Waals surface area contributed by atoms with E-state index in [0.29, 0.717) is 11.3 Å². The minimum absolute atomic E-state index is 0.0417. The molecule has 0 bridgehead atoms. The first-order valence-corrected chi connectivity index (χ1v) is 6.48. The molecule has 2 N–H and O–H groups in total. The first-order chi connectivity index (χ1) is 9.13. The van der Waals surface area contributed by atoms with Crippen LogP contribution in [0.4, 0.5) is 0 Å². The Bertz CT molecular complexity index is 456. The summed E-state index contributed by atoms with van der Waals surface area (Å²) in [5, 5.41) is 13.2. The first-order valence-electron chi connectivity index (χ1n) is 6.48. The predicted molar refractivity (Wildman–Crippen MR) is 72.6 cm³/mol. The second-order valence-corrected chi connectivity index (χ2v) is 4.80. The van der Waals surface area contributed by atoms with E-state index in [9.17, 15) is 9.90 Å². The van der Waals surface area contributed by atoms with E-state index < -0.39 is 0 Å². The molecule has 5 heteroatoms. The van der Waals surface area contributed by atoms with Gasteiger partial charge in [0.05, 0.1) is 12.7 Å². The van der Waals surface area contributed by atoms with Crippen LogP contribution >= 0.6 is 0 Å². The predicted octanol–water partition coefficient (Wildman–Crippen LogP) is 1.22. The van der Waals surface area contributed by atoms with Crippen LogP contribution in [0.3, 0.4) is 0 Å². The number of carbonyl (C=O) groups excluding carboxylic acids is 1. The van der Waals surface area contributed by atoms with Crippen molar-refractivity contribution in [3.05, 3.63) is 23.8 Å². The maximum atomic E-state index is 12.4. The second-order valence-electron chi connectivity index (χ2n) is 4.80. The maximum Gasteiger partial charge on any atom is 0.257 e. The standard InChI is InChI=1S/C14H20N2O3/c1-16(10-4-3-7-15-9-10)14(18)12-6-5-11(19-2)8-13(12)17/h5-6,8,10,15,17H,3-4,7,9H2,1-2H3. The number of methoxy groups -OCH3 is 1. The van der Waals surface area contributed by atoms with E-state index in [1.54, 1.807) is 24.1 Å². The lowest BCUT2D eigenvalue weighted by Crippen LogP contribution is -2.46. The molecule has 1 fully saturated rings. The molecule has 1 aromatic rings. The Hall–Kier alpha value is -1.75. The van der Waals surface area contributed by atoms with Gasteiger partial charge in [0.1, 0.15) is 11.5 Å². The number of phenols is 1. The number of benzene rings is 1. The number of nitrogens with one attached hydrogen (secondary N) is 1. The van der Waals surface area contributed by atoms with Crippen LogP contribution in [0.2, 0.25) is 0 Å². The van der Waals surface area contributed by atoms with Crippen LogP contribution in [0, 0.1) is 0 Å². The fourth-order valence-corrected chi connectivity index (χ4v) is 2.34. The molecule has 1 heterocycles. The van der Waals surface area contributed by atoms with E-state index in [2.05, 4.69) is 5.32 Å². The zero-order chi connectivity index (χ0) is 13.8. The van der Waals surface area contributed by atoms with Crippen LogP contribution in [-0.4, -0.2) is 49.2 Å². The number of hydrogen-bond acceptors (Lipinski definition) is 4. The maximum absolute atomic E-state index is 12.4. The first kappa shape index (κ1) is 13.7. The molecule has 0 aliphatic carbocycles. The Kier molecular flexibility index (Phi) is 4.27. The van der Waals surface area contributed by atoms with Gasteiger partial charge in [0.2, 0.25) is 0 Å². The summed E-state index contributed by atoms with van der Waals surface area (Å²) in [6, 6.07) is 4.92. The van der Waals surface area contributed by atoms with Crippen LogP contribution in [-0.2, 0) is 0 Å². The molecule has 1 unspecified atom stereocenters. The van der Waals surface area contributed by atoms with E-state index in [1.807, 2.05) is 0 Å². The molecule has 5 nitrogen and oxygen atoms in total. The number of carbonyl (C=O) groups is 1. The molecule has 0 saturated carbocycles. The van der Waals surface area contributed by atoms with Gasteiger partial charge in [0.15, 0.2) is 0 Å². The third-order valence-electron chi connectivity index (χ3n) is 3.57. The summed E-state index contributed by atoms with van der Waals surface area (Å²) in [4.78, 5) is 14.1. The van der Waals surface area contributed by atoms with Gasteiger partial charge in [-0.2, -0.15) is 0 Å². The van der Waals surface area contributed by atoms with Gasteiger partial charge in [-0.05, 0) is 31.5 Å². The number of amides is 1. The van der Waals surface area contributed by atoms with Gasteiger partial charge in [-0.1, -0.05) is 0 Å². The number of ether oxygens (including phenoxy) is 1. The quantitative estimate of drug-likeness (QED) is 0.862. The smallest absolute Gasteiger partial charge is 0.257 e. The van der Waals surface area contributed by atoms with Crippen molar-refractivity contribution < 1.29 is 14.6 Å². The molecule has 0 spiro atoms. The number of hydrogen-bond donors (Lipinski definition) is 2. The normalized spacial score (nSPS) is 18.9. The summed E-state index contributed by atoms with van der Waals surface area (Å²) in [5.41, 5.74) is 0.314. The highest BCUT2D eigenvalue weighted by atomic mass is 16.5. The van der Waals surface area contributed by atoms with Crippen molar-refractivity contribution in [2.45, 2.75) is 18.9 Å². The van der Waals surface area contributed by atoms with Crippen LogP contribution in [0.15, 0.2) is 18.2 Å². The van der Waals surface area contributed by atoms with Crippen molar-refractivity contribution >= 4 is 5.91 Å². The van der Waals surface area contributed by atoms with Crippen LogP contribution in [0.5, 0.6) is 11.5 Å². The highest BCUT2D eigenvalue weighted by molar-refractivity contribution is 5.97. The summed E-state index contributed by atoms with van der Waals surface area (Å²) in [7, 11) is 3.31. The average Bonchev–Trinajstić information content (AvgIpc) is 2.46. The summed E-state index contributed by atoms with van der Waals surface area (Å²) >= 11 is 0. The number of phenolic OH excluding ortho intramolecular Hbond substituents is 1. The number of aromatic hydroxyl groups is 1. The molecule has 1 aromatic carbocycles. The fourth-order valence-electron chi connectivity index (χ4n) is 2.34. The molecule has 2 rings (SSSR count). The van der Waals surface area contributed by atoms with Gasteiger partial charge < -0.3 is 20.1 Å². The number of rotatable bonds is 3. The molecule has 1 aliphatic heterocycles. The summed E-state index contributed by atoms with van der Waals surface area (Å²) in [5.74, 6) is 0.338. The Morgan fingerprint density at radius 3 is 2.89 bits per heavy atom. The molecule has 1 aliphatic rings. The Labute approximate surface area is 113 Å². The van der Waals surface area contributed by atoms with Gasteiger partial charge in [-0.15, -0.1) is 0 Å². The zero-order valence-corrected chi connectivity index (χ0v) is 11.3. The van der Waals surface area contributed by atoms with Crippen molar-refractivity contribution in [1.29, 1.82) is 0 Å². The van der Waals surface area contributed by atoms with E-state index in [-0.39, 0.29) is 17.7 Å². The van der Waals surface area contributed by atoms with Gasteiger partial charge in [-0.3, -0.25) is 4.79 Å². The lowest BCUT2D eigenvalue weighted by molar-refractivity contribution is 0.0705. The van der Waals surface area contributed by atoms with Gasteiger partial charge >= 0.3 is 0 Å². The third-order valence-corrected chi connectivity index (χ3v) is 3.57. The lowest BCUT2D eigenvalue weighted by atomic mass is 10.0. The molecule has 1 amide bonds. The topological polar surface area (TPSA) is 61.8 Å². The van der Waals surface area contributed by atoms with Crippen molar-refractivity contribution in [3.63, 3.8) is 0 Å². The van der Waals surface area contributed by atoms with E-state index >= 15 is 0 Å². The Morgan fingerprint density at radius 1 is 1.53 bits per heavy atom. The summed E-state index contributed by atoms with van der Waals surface area (Å²) in [6.07, 6.45) is 2.06. The van der Waals surface area contributed by atoms with E-state index in [0.717, 1.165) is 25.9 Å². The van der Waals surface area contributed by atoms with Crippen molar-refractivity contribution in [2.24, 2.45) is 0 Å². The van der Waals surface area contributed by atoms with Gasteiger partial charge in [0.25, 0.3) is 5.91 Å². The van der Waals surface area contributed by atoms with Gasteiger partial charge in [-0.25, -0.2) is 0 Å². The molecular weight excluding hydrogens is 244 g/mol. The monoisotopic (exact) mass is 264 g/mol. The molecule has 104 valence electrons. The lowest BCUT2D eigenvalue weighted by Gasteiger charge is -2.31.